The summed E-state index contributed by atoms with van der Waals surface area (Å²) in [5.41, 5.74) is 10.8. The summed E-state index contributed by atoms with van der Waals surface area (Å²) in [4.78, 5) is 4.55. The van der Waals surface area contributed by atoms with Gasteiger partial charge in [-0.05, 0) is 42.7 Å². The number of para-hydroxylation sites is 1. The van der Waals surface area contributed by atoms with E-state index in [0.717, 1.165) is 41.1 Å². The highest BCUT2D eigenvalue weighted by Crippen LogP contribution is 2.20. The highest BCUT2D eigenvalue weighted by atomic mass is 16.3. The average Bonchev–Trinajstić information content (AvgIpc) is 2.81. The fourth-order valence-corrected chi connectivity index (χ4v) is 2.24. The normalized spacial score (nSPS) is 11.0. The maximum absolute atomic E-state index is 5.77. The molecule has 3 aromatic rings. The molecule has 0 amide bonds. The van der Waals surface area contributed by atoms with Crippen molar-refractivity contribution in [1.29, 1.82) is 0 Å². The van der Waals surface area contributed by atoms with Crippen molar-refractivity contribution in [3.63, 3.8) is 0 Å². The third-order valence-electron chi connectivity index (χ3n) is 3.24. The number of anilines is 1. The molecular weight excluding hydrogens is 236 g/mol. The standard InChI is InChI=1S/C16H16N2O/c1-11-4-2-7-14-16(11)18-15(19-14)9-8-12-5-3-6-13(17)10-12/h2-7,10H,8-9,17H2,1H3. The van der Waals surface area contributed by atoms with Gasteiger partial charge in [0.1, 0.15) is 5.52 Å². The van der Waals surface area contributed by atoms with Gasteiger partial charge in [-0.15, -0.1) is 0 Å². The van der Waals surface area contributed by atoms with Crippen molar-refractivity contribution in [2.45, 2.75) is 19.8 Å². The van der Waals surface area contributed by atoms with E-state index in [9.17, 15) is 0 Å². The van der Waals surface area contributed by atoms with Gasteiger partial charge in [-0.1, -0.05) is 24.3 Å². The van der Waals surface area contributed by atoms with Gasteiger partial charge in [-0.2, -0.15) is 0 Å². The van der Waals surface area contributed by atoms with Gasteiger partial charge in [0.15, 0.2) is 11.5 Å². The van der Waals surface area contributed by atoms with E-state index >= 15 is 0 Å². The van der Waals surface area contributed by atoms with Crippen LogP contribution in [-0.4, -0.2) is 4.98 Å². The molecule has 1 aromatic heterocycles. The van der Waals surface area contributed by atoms with Crippen molar-refractivity contribution in [2.75, 3.05) is 5.73 Å². The van der Waals surface area contributed by atoms with Crippen molar-refractivity contribution in [2.24, 2.45) is 0 Å². The molecule has 2 N–H and O–H groups in total. The van der Waals surface area contributed by atoms with Gasteiger partial charge in [0.05, 0.1) is 0 Å². The molecule has 0 atom stereocenters. The van der Waals surface area contributed by atoms with Crippen LogP contribution in [0.3, 0.4) is 0 Å². The molecule has 3 nitrogen and oxygen atoms in total. The van der Waals surface area contributed by atoms with Crippen LogP contribution >= 0.6 is 0 Å². The van der Waals surface area contributed by atoms with Gasteiger partial charge in [-0.25, -0.2) is 4.98 Å². The molecule has 0 aliphatic rings. The summed E-state index contributed by atoms with van der Waals surface area (Å²) in [7, 11) is 0. The maximum atomic E-state index is 5.77. The smallest absolute Gasteiger partial charge is 0.195 e. The predicted molar refractivity (Wildman–Crippen MR) is 77.0 cm³/mol. The Morgan fingerprint density at radius 1 is 1.11 bits per heavy atom. The zero-order valence-electron chi connectivity index (χ0n) is 10.9. The molecule has 0 fully saturated rings. The maximum Gasteiger partial charge on any atom is 0.195 e. The molecule has 3 heteroatoms. The summed E-state index contributed by atoms with van der Waals surface area (Å²) < 4.78 is 5.76. The second-order valence-electron chi connectivity index (χ2n) is 4.77. The zero-order chi connectivity index (χ0) is 13.2. The molecule has 19 heavy (non-hydrogen) atoms. The van der Waals surface area contributed by atoms with Crippen LogP contribution in [0.4, 0.5) is 5.69 Å². The number of aromatic nitrogens is 1. The van der Waals surface area contributed by atoms with Gasteiger partial charge in [0, 0.05) is 12.1 Å². The number of fused-ring (bicyclic) bond motifs is 1. The summed E-state index contributed by atoms with van der Waals surface area (Å²) in [6, 6.07) is 13.9. The van der Waals surface area contributed by atoms with Crippen molar-refractivity contribution < 1.29 is 4.42 Å². The Hall–Kier alpha value is -2.29. The molecule has 96 valence electrons. The lowest BCUT2D eigenvalue weighted by Gasteiger charge is -1.99. The molecule has 0 saturated heterocycles. The number of oxazole rings is 1. The van der Waals surface area contributed by atoms with Crippen LogP contribution in [0.1, 0.15) is 17.0 Å². The first-order valence-electron chi connectivity index (χ1n) is 6.42. The van der Waals surface area contributed by atoms with E-state index in [1.165, 1.54) is 5.56 Å². The van der Waals surface area contributed by atoms with Gasteiger partial charge in [-0.3, -0.25) is 0 Å². The Bertz CT molecular complexity index is 716. The molecular formula is C16H16N2O. The van der Waals surface area contributed by atoms with E-state index in [4.69, 9.17) is 10.2 Å². The molecule has 0 unspecified atom stereocenters. The van der Waals surface area contributed by atoms with Gasteiger partial charge in [0.25, 0.3) is 0 Å². The first-order chi connectivity index (χ1) is 9.22. The summed E-state index contributed by atoms with van der Waals surface area (Å²) >= 11 is 0. The average molecular weight is 252 g/mol. The molecule has 1 heterocycles. The van der Waals surface area contributed by atoms with E-state index < -0.39 is 0 Å². The fraction of sp³-hybridized carbons (Fsp3) is 0.188. The number of rotatable bonds is 3. The lowest BCUT2D eigenvalue weighted by molar-refractivity contribution is 0.528. The Morgan fingerprint density at radius 3 is 2.74 bits per heavy atom. The second kappa shape index (κ2) is 4.76. The van der Waals surface area contributed by atoms with Crippen LogP contribution in [0.15, 0.2) is 46.9 Å². The highest BCUT2D eigenvalue weighted by Gasteiger charge is 2.07. The van der Waals surface area contributed by atoms with Crippen molar-refractivity contribution in [1.82, 2.24) is 4.98 Å². The molecule has 0 saturated carbocycles. The fourth-order valence-electron chi connectivity index (χ4n) is 2.24. The van der Waals surface area contributed by atoms with Crippen molar-refractivity contribution in [3.8, 4) is 0 Å². The number of aryl methyl sites for hydroxylation is 3. The first kappa shape index (κ1) is 11.8. The van der Waals surface area contributed by atoms with E-state index in [0.29, 0.717) is 0 Å². The minimum Gasteiger partial charge on any atom is -0.441 e. The van der Waals surface area contributed by atoms with Crippen molar-refractivity contribution >= 4 is 16.8 Å². The molecule has 0 radical (unpaired) electrons. The summed E-state index contributed by atoms with van der Waals surface area (Å²) in [5, 5.41) is 0. The molecule has 0 spiro atoms. The molecule has 0 aliphatic heterocycles. The van der Waals surface area contributed by atoms with Crippen molar-refractivity contribution in [3.05, 3.63) is 59.5 Å². The van der Waals surface area contributed by atoms with Crippen LogP contribution in [0.2, 0.25) is 0 Å². The summed E-state index contributed by atoms with van der Waals surface area (Å²) in [6.45, 7) is 2.05. The minimum atomic E-state index is 0.784. The zero-order valence-corrected chi connectivity index (χ0v) is 10.9. The Labute approximate surface area is 112 Å². The number of nitrogens with zero attached hydrogens (tertiary/aromatic N) is 1. The van der Waals surface area contributed by atoms with E-state index in [1.807, 2.05) is 43.3 Å². The van der Waals surface area contributed by atoms with E-state index in [2.05, 4.69) is 11.1 Å². The first-order valence-corrected chi connectivity index (χ1v) is 6.42. The number of nitrogens with two attached hydrogens (primary N) is 1. The lowest BCUT2D eigenvalue weighted by atomic mass is 10.1. The second-order valence-corrected chi connectivity index (χ2v) is 4.77. The van der Waals surface area contributed by atoms with Crippen LogP contribution in [0, 0.1) is 6.92 Å². The Morgan fingerprint density at radius 2 is 1.95 bits per heavy atom. The van der Waals surface area contributed by atoms with E-state index in [1.54, 1.807) is 0 Å². The third kappa shape index (κ3) is 2.45. The third-order valence-corrected chi connectivity index (χ3v) is 3.24. The predicted octanol–water partition coefficient (Wildman–Crippen LogP) is 3.50. The number of hydrogen-bond donors (Lipinski definition) is 1. The summed E-state index contributed by atoms with van der Waals surface area (Å²) in [6.07, 6.45) is 1.68. The van der Waals surface area contributed by atoms with Crippen LogP contribution in [0.5, 0.6) is 0 Å². The summed E-state index contributed by atoms with van der Waals surface area (Å²) in [5.74, 6) is 0.784. The minimum absolute atomic E-state index is 0.784. The van der Waals surface area contributed by atoms with E-state index in [-0.39, 0.29) is 0 Å². The highest BCUT2D eigenvalue weighted by molar-refractivity contribution is 5.76. The van der Waals surface area contributed by atoms with Gasteiger partial charge < -0.3 is 10.2 Å². The monoisotopic (exact) mass is 252 g/mol. The molecule has 2 aromatic carbocycles. The van der Waals surface area contributed by atoms with Gasteiger partial charge >= 0.3 is 0 Å². The van der Waals surface area contributed by atoms with Crippen LogP contribution in [0.25, 0.3) is 11.1 Å². The number of benzene rings is 2. The number of hydrogen-bond acceptors (Lipinski definition) is 3. The molecule has 3 rings (SSSR count). The quantitative estimate of drug-likeness (QED) is 0.726. The largest absolute Gasteiger partial charge is 0.441 e. The Kier molecular flexibility index (Phi) is 2.95. The molecule has 0 bridgehead atoms. The van der Waals surface area contributed by atoms with Gasteiger partial charge in [0.2, 0.25) is 0 Å². The number of nitrogen functional groups attached to an aromatic ring is 1. The van der Waals surface area contributed by atoms with Crippen LogP contribution < -0.4 is 5.73 Å². The SMILES string of the molecule is Cc1cccc2oc(CCc3cccc(N)c3)nc12. The van der Waals surface area contributed by atoms with Crippen LogP contribution in [-0.2, 0) is 12.8 Å². The topological polar surface area (TPSA) is 52.0 Å². The molecule has 0 aliphatic carbocycles. The Balaban J connectivity index is 1.80. The lowest BCUT2D eigenvalue weighted by Crippen LogP contribution is -1.93.